The summed E-state index contributed by atoms with van der Waals surface area (Å²) in [6, 6.07) is 4.68. The number of rotatable bonds is 7. The van der Waals surface area contributed by atoms with Crippen LogP contribution in [0.2, 0.25) is 0 Å². The Kier molecular flexibility index (Phi) is 8.69. The van der Waals surface area contributed by atoms with Gasteiger partial charge in [-0.2, -0.15) is 13.2 Å². The highest BCUT2D eigenvalue weighted by atomic mass is 19.4. The molecule has 2 rings (SSSR count). The Morgan fingerprint density at radius 3 is 2.64 bits per heavy atom. The molecule has 1 aromatic rings. The summed E-state index contributed by atoms with van der Waals surface area (Å²) in [6.45, 7) is 2.39. The van der Waals surface area contributed by atoms with Gasteiger partial charge in [0.15, 0.2) is 0 Å². The van der Waals surface area contributed by atoms with Crippen LogP contribution in [0.5, 0.6) is 5.75 Å². The highest BCUT2D eigenvalue weighted by Crippen LogP contribution is 2.32. The van der Waals surface area contributed by atoms with Crippen LogP contribution >= 0.6 is 0 Å². The third-order valence-electron chi connectivity index (χ3n) is 5.13. The Hall–Kier alpha value is -2.16. The molecular weight excluding hydrogens is 367 g/mol. The van der Waals surface area contributed by atoms with Crippen LogP contribution in [-0.4, -0.2) is 19.1 Å². The van der Waals surface area contributed by atoms with Gasteiger partial charge in [-0.25, -0.2) is 0 Å². The van der Waals surface area contributed by atoms with E-state index >= 15 is 0 Å². The number of unbranched alkanes of at least 4 members (excludes halogenated alkanes) is 1. The zero-order valence-electron chi connectivity index (χ0n) is 16.3. The van der Waals surface area contributed by atoms with Gasteiger partial charge in [0.2, 0.25) is 5.91 Å². The van der Waals surface area contributed by atoms with Crippen LogP contribution in [0.1, 0.15) is 57.4 Å². The van der Waals surface area contributed by atoms with Crippen molar-refractivity contribution >= 4 is 5.91 Å². The van der Waals surface area contributed by atoms with Gasteiger partial charge in [0.05, 0.1) is 12.1 Å². The van der Waals surface area contributed by atoms with Crippen molar-refractivity contribution in [3.8, 4) is 17.6 Å². The average Bonchev–Trinajstić information content (AvgIpc) is 2.69. The van der Waals surface area contributed by atoms with Crippen molar-refractivity contribution in [3.63, 3.8) is 0 Å². The number of benzene rings is 1. The Balaban J connectivity index is 1.65. The van der Waals surface area contributed by atoms with Crippen LogP contribution in [0, 0.1) is 23.7 Å². The fraction of sp³-hybridized carbons (Fsp3) is 0.591. The summed E-state index contributed by atoms with van der Waals surface area (Å²) in [5.41, 5.74) is -0.755. The van der Waals surface area contributed by atoms with Crippen LogP contribution < -0.4 is 10.1 Å². The molecule has 0 heterocycles. The number of carbonyl (C=O) groups excluding carboxylic acids is 1. The molecule has 0 aliphatic heterocycles. The first-order chi connectivity index (χ1) is 13.4. The number of nitrogens with one attached hydrogen (secondary N) is 1. The molecule has 1 fully saturated rings. The molecule has 1 saturated carbocycles. The number of carbonyl (C=O) groups is 1. The number of hydrogen-bond acceptors (Lipinski definition) is 2. The topological polar surface area (TPSA) is 38.3 Å². The van der Waals surface area contributed by atoms with Crippen LogP contribution in [0.25, 0.3) is 0 Å². The lowest BCUT2D eigenvalue weighted by atomic mass is 9.79. The number of halogens is 3. The lowest BCUT2D eigenvalue weighted by Crippen LogP contribution is -2.33. The second-order valence-corrected chi connectivity index (χ2v) is 7.25. The normalized spacial score (nSPS) is 19.4. The molecule has 0 atom stereocenters. The molecule has 28 heavy (non-hydrogen) atoms. The predicted octanol–water partition coefficient (Wildman–Crippen LogP) is 5.20. The molecule has 6 heteroatoms. The van der Waals surface area contributed by atoms with E-state index in [0.717, 1.165) is 43.7 Å². The third-order valence-corrected chi connectivity index (χ3v) is 5.13. The molecule has 1 aromatic carbocycles. The van der Waals surface area contributed by atoms with Gasteiger partial charge in [-0.15, -0.1) is 0 Å². The SMILES string of the molecule is CCCCC1CCC(C(=O)NCC#CCOc2cccc(C(F)(F)F)c2)CC1. The average molecular weight is 395 g/mol. The highest BCUT2D eigenvalue weighted by molar-refractivity contribution is 5.78. The quantitative estimate of drug-likeness (QED) is 0.645. The highest BCUT2D eigenvalue weighted by Gasteiger charge is 2.30. The van der Waals surface area contributed by atoms with E-state index < -0.39 is 11.7 Å². The van der Waals surface area contributed by atoms with E-state index in [2.05, 4.69) is 24.1 Å². The van der Waals surface area contributed by atoms with E-state index in [1.54, 1.807) is 0 Å². The molecule has 154 valence electrons. The number of hydrogen-bond donors (Lipinski definition) is 1. The smallest absolute Gasteiger partial charge is 0.416 e. The van der Waals surface area contributed by atoms with Crippen molar-refractivity contribution in [2.75, 3.05) is 13.2 Å². The maximum absolute atomic E-state index is 12.6. The zero-order chi connectivity index (χ0) is 20.4. The van der Waals surface area contributed by atoms with Gasteiger partial charge in [-0.05, 0) is 49.8 Å². The van der Waals surface area contributed by atoms with Gasteiger partial charge >= 0.3 is 6.18 Å². The largest absolute Gasteiger partial charge is 0.481 e. The predicted molar refractivity (Wildman–Crippen MR) is 103 cm³/mol. The Morgan fingerprint density at radius 1 is 1.21 bits per heavy atom. The number of ether oxygens (including phenoxy) is 1. The van der Waals surface area contributed by atoms with Gasteiger partial charge in [-0.3, -0.25) is 4.79 Å². The Bertz CT molecular complexity index is 683. The van der Waals surface area contributed by atoms with E-state index in [1.165, 1.54) is 31.4 Å². The summed E-state index contributed by atoms with van der Waals surface area (Å²) in [7, 11) is 0. The molecule has 1 amide bonds. The summed E-state index contributed by atoms with van der Waals surface area (Å²) >= 11 is 0. The molecule has 0 spiro atoms. The molecule has 1 aliphatic rings. The minimum absolute atomic E-state index is 0.0281. The first kappa shape index (κ1) is 22.1. The minimum atomic E-state index is -4.40. The molecule has 1 N–H and O–H groups in total. The number of alkyl halides is 3. The minimum Gasteiger partial charge on any atom is -0.481 e. The Labute approximate surface area is 165 Å². The fourth-order valence-corrected chi connectivity index (χ4v) is 3.48. The van der Waals surface area contributed by atoms with E-state index in [-0.39, 0.29) is 30.7 Å². The molecule has 0 radical (unpaired) electrons. The van der Waals surface area contributed by atoms with Crippen LogP contribution in [0.15, 0.2) is 24.3 Å². The van der Waals surface area contributed by atoms with Gasteiger partial charge in [-0.1, -0.05) is 44.1 Å². The van der Waals surface area contributed by atoms with Crippen LogP contribution in [0.4, 0.5) is 13.2 Å². The third kappa shape index (κ3) is 7.46. The molecule has 0 unspecified atom stereocenters. The lowest BCUT2D eigenvalue weighted by Gasteiger charge is -2.27. The maximum Gasteiger partial charge on any atom is 0.416 e. The van der Waals surface area contributed by atoms with Crippen molar-refractivity contribution in [3.05, 3.63) is 29.8 Å². The summed E-state index contributed by atoms with van der Waals surface area (Å²) in [4.78, 5) is 12.2. The lowest BCUT2D eigenvalue weighted by molar-refractivity contribution is -0.137. The molecule has 0 saturated heterocycles. The van der Waals surface area contributed by atoms with Crippen molar-refractivity contribution in [1.82, 2.24) is 5.32 Å². The summed E-state index contributed by atoms with van der Waals surface area (Å²) in [5.74, 6) is 6.48. The molecule has 0 aromatic heterocycles. The Morgan fingerprint density at radius 2 is 1.96 bits per heavy atom. The maximum atomic E-state index is 12.6. The van der Waals surface area contributed by atoms with E-state index in [0.29, 0.717) is 0 Å². The van der Waals surface area contributed by atoms with Gasteiger partial charge in [0.25, 0.3) is 0 Å². The molecule has 0 bridgehead atoms. The van der Waals surface area contributed by atoms with E-state index in [4.69, 9.17) is 4.74 Å². The summed E-state index contributed by atoms with van der Waals surface area (Å²) < 4.78 is 43.1. The van der Waals surface area contributed by atoms with Crippen LogP contribution in [0.3, 0.4) is 0 Å². The first-order valence-electron chi connectivity index (χ1n) is 9.93. The second kappa shape index (κ2) is 11.0. The zero-order valence-corrected chi connectivity index (χ0v) is 16.3. The molecular formula is C22H28F3NO2. The van der Waals surface area contributed by atoms with Gasteiger partial charge < -0.3 is 10.1 Å². The monoisotopic (exact) mass is 395 g/mol. The number of amides is 1. The van der Waals surface area contributed by atoms with E-state index in [1.807, 2.05) is 0 Å². The summed E-state index contributed by atoms with van der Waals surface area (Å²) in [5, 5.41) is 2.82. The van der Waals surface area contributed by atoms with Gasteiger partial charge in [0, 0.05) is 5.92 Å². The first-order valence-corrected chi connectivity index (χ1v) is 9.93. The fourth-order valence-electron chi connectivity index (χ4n) is 3.48. The van der Waals surface area contributed by atoms with Crippen molar-refractivity contribution in [1.29, 1.82) is 0 Å². The summed E-state index contributed by atoms with van der Waals surface area (Å²) in [6.07, 6.45) is 3.46. The molecule has 3 nitrogen and oxygen atoms in total. The van der Waals surface area contributed by atoms with Crippen LogP contribution in [-0.2, 0) is 11.0 Å². The standard InChI is InChI=1S/C22H28F3NO2/c1-2-3-7-17-10-12-18(13-11-17)21(27)26-14-4-5-15-28-20-9-6-8-19(16-20)22(23,24)25/h6,8-9,16-18H,2-3,7,10-15H2,1H3,(H,26,27). The molecule has 1 aliphatic carbocycles. The van der Waals surface area contributed by atoms with Crippen molar-refractivity contribution in [2.24, 2.45) is 11.8 Å². The second-order valence-electron chi connectivity index (χ2n) is 7.25. The van der Waals surface area contributed by atoms with E-state index in [9.17, 15) is 18.0 Å². The van der Waals surface area contributed by atoms with Gasteiger partial charge in [0.1, 0.15) is 12.4 Å². The van der Waals surface area contributed by atoms with Crippen molar-refractivity contribution < 1.29 is 22.7 Å². The van der Waals surface area contributed by atoms with Crippen molar-refractivity contribution in [2.45, 2.75) is 58.0 Å².